The average molecular weight is 319 g/mol. The first kappa shape index (κ1) is 16.0. The number of carbonyl (C=O) groups excluding carboxylic acids is 1. The van der Waals surface area contributed by atoms with Crippen molar-refractivity contribution in [1.29, 1.82) is 0 Å². The number of sulfonamides is 1. The largest absolute Gasteiger partial charge is 0.399 e. The van der Waals surface area contributed by atoms with Crippen LogP contribution in [0.1, 0.15) is 15.9 Å². The molecule has 7 heteroatoms. The molecule has 0 unspecified atom stereocenters. The molecule has 5 N–H and O–H groups in total. The fourth-order valence-corrected chi connectivity index (χ4v) is 2.85. The summed E-state index contributed by atoms with van der Waals surface area (Å²) >= 11 is 0. The minimum Gasteiger partial charge on any atom is -0.399 e. The van der Waals surface area contributed by atoms with Crippen LogP contribution >= 0.6 is 0 Å². The van der Waals surface area contributed by atoms with Crippen LogP contribution in [-0.4, -0.2) is 20.9 Å². The molecule has 22 heavy (non-hydrogen) atoms. The van der Waals surface area contributed by atoms with Gasteiger partial charge in [-0.3, -0.25) is 4.79 Å². The molecule has 0 saturated heterocycles. The third kappa shape index (κ3) is 3.84. The number of nitrogens with one attached hydrogen (secondary N) is 1. The van der Waals surface area contributed by atoms with Gasteiger partial charge in [-0.2, -0.15) is 0 Å². The summed E-state index contributed by atoms with van der Waals surface area (Å²) < 4.78 is 26.4. The van der Waals surface area contributed by atoms with Gasteiger partial charge in [-0.15, -0.1) is 0 Å². The molecule has 2 aromatic rings. The van der Waals surface area contributed by atoms with Crippen LogP contribution in [0, 0.1) is 0 Å². The van der Waals surface area contributed by atoms with Gasteiger partial charge in [-0.1, -0.05) is 12.1 Å². The van der Waals surface area contributed by atoms with Gasteiger partial charge in [0.25, 0.3) is 15.9 Å². The Morgan fingerprint density at radius 2 is 1.59 bits per heavy atom. The Morgan fingerprint density at radius 1 is 1.00 bits per heavy atom. The van der Waals surface area contributed by atoms with Crippen LogP contribution in [0.4, 0.5) is 5.69 Å². The van der Waals surface area contributed by atoms with E-state index in [-0.39, 0.29) is 10.5 Å². The number of hydrogen-bond acceptors (Lipinski definition) is 5. The van der Waals surface area contributed by atoms with Gasteiger partial charge in [0.1, 0.15) is 0 Å². The second-order valence-electron chi connectivity index (χ2n) is 4.74. The van der Waals surface area contributed by atoms with Crippen LogP contribution in [0.2, 0.25) is 0 Å². The molecule has 0 aromatic heterocycles. The lowest BCUT2D eigenvalue weighted by Crippen LogP contribution is -2.30. The van der Waals surface area contributed by atoms with Gasteiger partial charge < -0.3 is 11.5 Å². The van der Waals surface area contributed by atoms with Gasteiger partial charge >= 0.3 is 0 Å². The third-order valence-corrected chi connectivity index (χ3v) is 4.41. The molecule has 116 valence electrons. The molecule has 1 amide bonds. The van der Waals surface area contributed by atoms with Crippen molar-refractivity contribution in [2.24, 2.45) is 5.73 Å². The van der Waals surface area contributed by atoms with E-state index in [9.17, 15) is 13.2 Å². The Bertz CT molecular complexity index is 754. The number of benzene rings is 2. The van der Waals surface area contributed by atoms with E-state index in [1.54, 1.807) is 12.1 Å². The smallest absolute Gasteiger partial charge is 0.264 e. The summed E-state index contributed by atoms with van der Waals surface area (Å²) in [4.78, 5) is 12.0. The fraction of sp³-hybridized carbons (Fsp3) is 0.133. The Hall–Kier alpha value is -2.38. The quantitative estimate of drug-likeness (QED) is 0.708. The van der Waals surface area contributed by atoms with Crippen LogP contribution in [0.15, 0.2) is 53.4 Å². The van der Waals surface area contributed by atoms with Crippen LogP contribution in [0.3, 0.4) is 0 Å². The van der Waals surface area contributed by atoms with Gasteiger partial charge in [-0.05, 0) is 54.9 Å². The summed E-state index contributed by atoms with van der Waals surface area (Å²) in [6, 6.07) is 12.2. The molecule has 0 aliphatic carbocycles. The molecule has 0 fully saturated rings. The van der Waals surface area contributed by atoms with Crippen molar-refractivity contribution in [2.75, 3.05) is 12.3 Å². The topological polar surface area (TPSA) is 115 Å². The molecule has 0 heterocycles. The Morgan fingerprint density at radius 3 is 2.14 bits per heavy atom. The van der Waals surface area contributed by atoms with Crippen LogP contribution in [-0.2, 0) is 16.4 Å². The van der Waals surface area contributed by atoms with Crippen molar-refractivity contribution in [3.8, 4) is 0 Å². The molecule has 0 bridgehead atoms. The zero-order valence-corrected chi connectivity index (χ0v) is 12.6. The van der Waals surface area contributed by atoms with Crippen molar-refractivity contribution in [2.45, 2.75) is 11.3 Å². The van der Waals surface area contributed by atoms with Crippen molar-refractivity contribution in [3.05, 3.63) is 59.7 Å². The first-order valence-electron chi connectivity index (χ1n) is 6.64. The maximum Gasteiger partial charge on any atom is 0.264 e. The molecule has 0 spiro atoms. The van der Waals surface area contributed by atoms with Gasteiger partial charge in [0.2, 0.25) is 0 Å². The zero-order valence-electron chi connectivity index (χ0n) is 11.8. The summed E-state index contributed by atoms with van der Waals surface area (Å²) in [5.41, 5.74) is 12.6. The Balaban J connectivity index is 2.16. The molecule has 2 aromatic carbocycles. The SMILES string of the molecule is NCCc1ccc(S(=O)(=O)NC(=O)c2ccc(N)cc2)cc1. The summed E-state index contributed by atoms with van der Waals surface area (Å²) in [6.45, 7) is 0.486. The number of nitrogens with two attached hydrogens (primary N) is 2. The predicted molar refractivity (Wildman–Crippen MR) is 84.7 cm³/mol. The monoisotopic (exact) mass is 319 g/mol. The summed E-state index contributed by atoms with van der Waals surface area (Å²) in [6.07, 6.45) is 0.665. The molecular weight excluding hydrogens is 302 g/mol. The van der Waals surface area contributed by atoms with E-state index in [0.717, 1.165) is 5.56 Å². The molecule has 2 rings (SSSR count). The first-order valence-corrected chi connectivity index (χ1v) is 8.12. The van der Waals surface area contributed by atoms with E-state index in [2.05, 4.69) is 0 Å². The number of anilines is 1. The highest BCUT2D eigenvalue weighted by Gasteiger charge is 2.18. The fourth-order valence-electron chi connectivity index (χ4n) is 1.88. The second-order valence-corrected chi connectivity index (χ2v) is 6.42. The lowest BCUT2D eigenvalue weighted by molar-refractivity contribution is 0.0981. The number of nitrogen functional groups attached to an aromatic ring is 1. The van der Waals surface area contributed by atoms with Crippen LogP contribution in [0.5, 0.6) is 0 Å². The van der Waals surface area contributed by atoms with Crippen LogP contribution < -0.4 is 16.2 Å². The second kappa shape index (κ2) is 6.59. The number of carbonyl (C=O) groups is 1. The van der Waals surface area contributed by atoms with Crippen molar-refractivity contribution in [1.82, 2.24) is 4.72 Å². The third-order valence-electron chi connectivity index (χ3n) is 3.07. The molecule has 0 aliphatic rings. The average Bonchev–Trinajstić information content (AvgIpc) is 2.48. The zero-order chi connectivity index (χ0) is 16.2. The summed E-state index contributed by atoms with van der Waals surface area (Å²) in [5, 5.41) is 0. The molecule has 0 aliphatic heterocycles. The molecule has 6 nitrogen and oxygen atoms in total. The molecule has 0 atom stereocenters. The minimum absolute atomic E-state index is 0.0251. The van der Waals surface area contributed by atoms with E-state index >= 15 is 0 Å². The highest BCUT2D eigenvalue weighted by atomic mass is 32.2. The molecule has 0 saturated carbocycles. The highest BCUT2D eigenvalue weighted by Crippen LogP contribution is 2.12. The maximum atomic E-state index is 12.2. The lowest BCUT2D eigenvalue weighted by Gasteiger charge is -2.08. The lowest BCUT2D eigenvalue weighted by atomic mass is 10.2. The van der Waals surface area contributed by atoms with Crippen molar-refractivity contribution < 1.29 is 13.2 Å². The predicted octanol–water partition coefficient (Wildman–Crippen LogP) is 0.889. The van der Waals surface area contributed by atoms with Gasteiger partial charge in [0, 0.05) is 11.3 Å². The minimum atomic E-state index is -3.91. The standard InChI is InChI=1S/C15H17N3O3S/c16-10-9-11-1-7-14(8-2-11)22(20,21)18-15(19)12-3-5-13(17)6-4-12/h1-8H,9-10,16-17H2,(H,18,19). The van der Waals surface area contributed by atoms with Crippen molar-refractivity contribution in [3.63, 3.8) is 0 Å². The van der Waals surface area contributed by atoms with E-state index in [4.69, 9.17) is 11.5 Å². The van der Waals surface area contributed by atoms with Crippen LogP contribution in [0.25, 0.3) is 0 Å². The van der Waals surface area contributed by atoms with E-state index < -0.39 is 15.9 Å². The summed E-state index contributed by atoms with van der Waals surface area (Å²) in [5.74, 6) is -0.703. The summed E-state index contributed by atoms with van der Waals surface area (Å²) in [7, 11) is -3.91. The number of hydrogen-bond donors (Lipinski definition) is 3. The molecular formula is C15H17N3O3S. The molecule has 0 radical (unpaired) electrons. The van der Waals surface area contributed by atoms with Gasteiger partial charge in [0.05, 0.1) is 4.90 Å². The van der Waals surface area contributed by atoms with E-state index in [1.165, 1.54) is 36.4 Å². The maximum absolute atomic E-state index is 12.2. The van der Waals surface area contributed by atoms with E-state index in [0.29, 0.717) is 18.7 Å². The highest BCUT2D eigenvalue weighted by molar-refractivity contribution is 7.90. The number of rotatable bonds is 5. The Labute approximate surface area is 129 Å². The van der Waals surface area contributed by atoms with Gasteiger partial charge in [0.15, 0.2) is 0 Å². The van der Waals surface area contributed by atoms with Crippen molar-refractivity contribution >= 4 is 21.6 Å². The van der Waals surface area contributed by atoms with E-state index in [1.807, 2.05) is 4.72 Å². The Kier molecular flexibility index (Phi) is 4.79. The van der Waals surface area contributed by atoms with Gasteiger partial charge in [-0.25, -0.2) is 13.1 Å². The first-order chi connectivity index (χ1) is 10.4. The number of amides is 1. The normalized spacial score (nSPS) is 11.1.